The van der Waals surface area contributed by atoms with Crippen LogP contribution in [-0.2, 0) is 4.74 Å². The maximum atomic E-state index is 11.2. The molecule has 0 unspecified atom stereocenters. The van der Waals surface area contributed by atoms with Crippen LogP contribution in [0.4, 0.5) is 0 Å². The van der Waals surface area contributed by atoms with Crippen molar-refractivity contribution in [3.05, 3.63) is 48.0 Å². The molecule has 0 aliphatic rings. The van der Waals surface area contributed by atoms with Crippen molar-refractivity contribution >= 4 is 5.97 Å². The van der Waals surface area contributed by atoms with E-state index in [0.29, 0.717) is 5.56 Å². The fourth-order valence-electron chi connectivity index (χ4n) is 1.37. The Bertz CT molecular complexity index is 367. The highest BCUT2D eigenvalue weighted by molar-refractivity contribution is 5.89. The summed E-state index contributed by atoms with van der Waals surface area (Å²) in [6.07, 6.45) is 1.10. The molecular formula is C13H16O3. The summed E-state index contributed by atoms with van der Waals surface area (Å²) < 4.78 is 4.59. The van der Waals surface area contributed by atoms with Crippen LogP contribution in [-0.4, -0.2) is 18.2 Å². The molecule has 16 heavy (non-hydrogen) atoms. The van der Waals surface area contributed by atoms with E-state index < -0.39 is 6.10 Å². The quantitative estimate of drug-likeness (QED) is 0.625. The van der Waals surface area contributed by atoms with Crippen LogP contribution in [0.25, 0.3) is 0 Å². The molecule has 1 aromatic carbocycles. The third-order valence-electron chi connectivity index (χ3n) is 2.54. The lowest BCUT2D eigenvalue weighted by molar-refractivity contribution is 0.0600. The minimum Gasteiger partial charge on any atom is -0.465 e. The summed E-state index contributed by atoms with van der Waals surface area (Å²) in [5.41, 5.74) is 1.24. The number of hydrogen-bond donors (Lipinski definition) is 1. The second-order valence-electron chi connectivity index (χ2n) is 3.65. The Morgan fingerprint density at radius 2 is 2.00 bits per heavy atom. The van der Waals surface area contributed by atoms with Crippen molar-refractivity contribution in [3.63, 3.8) is 0 Å². The molecular weight excluding hydrogens is 204 g/mol. The lowest BCUT2D eigenvalue weighted by Crippen LogP contribution is -2.07. The monoisotopic (exact) mass is 220 g/mol. The molecule has 0 aliphatic carbocycles. The fourth-order valence-corrected chi connectivity index (χ4v) is 1.37. The molecule has 0 radical (unpaired) electrons. The Kier molecular flexibility index (Phi) is 4.26. The first-order valence-electron chi connectivity index (χ1n) is 5.09. The van der Waals surface area contributed by atoms with Gasteiger partial charge >= 0.3 is 5.97 Å². The van der Waals surface area contributed by atoms with Crippen molar-refractivity contribution < 1.29 is 14.6 Å². The van der Waals surface area contributed by atoms with Gasteiger partial charge < -0.3 is 9.84 Å². The molecule has 0 saturated heterocycles. The van der Waals surface area contributed by atoms with Crippen LogP contribution in [0.3, 0.4) is 0 Å². The molecule has 1 aromatic rings. The van der Waals surface area contributed by atoms with Gasteiger partial charge in [-0.05, 0) is 17.7 Å². The SMILES string of the molecule is C=C[C@@H](C)[C@H](O)c1ccc(C(=O)OC)cc1. The minimum absolute atomic E-state index is 0.0241. The zero-order valence-electron chi connectivity index (χ0n) is 9.51. The lowest BCUT2D eigenvalue weighted by atomic mass is 9.97. The van der Waals surface area contributed by atoms with Gasteiger partial charge in [-0.2, -0.15) is 0 Å². The summed E-state index contributed by atoms with van der Waals surface area (Å²) in [6.45, 7) is 5.51. The highest BCUT2D eigenvalue weighted by Gasteiger charge is 2.14. The first-order valence-corrected chi connectivity index (χ1v) is 5.09. The molecule has 0 bridgehead atoms. The van der Waals surface area contributed by atoms with E-state index in [1.165, 1.54) is 7.11 Å². The van der Waals surface area contributed by atoms with Crippen molar-refractivity contribution in [2.45, 2.75) is 13.0 Å². The molecule has 3 heteroatoms. The molecule has 86 valence electrons. The number of ether oxygens (including phenoxy) is 1. The minimum atomic E-state index is -0.593. The smallest absolute Gasteiger partial charge is 0.337 e. The van der Waals surface area contributed by atoms with Gasteiger partial charge in [-0.25, -0.2) is 4.79 Å². The van der Waals surface area contributed by atoms with Gasteiger partial charge in [0, 0.05) is 5.92 Å². The van der Waals surface area contributed by atoms with Crippen LogP contribution in [0, 0.1) is 5.92 Å². The molecule has 3 nitrogen and oxygen atoms in total. The Balaban J connectivity index is 2.86. The van der Waals surface area contributed by atoms with Gasteiger partial charge in [0.15, 0.2) is 0 Å². The van der Waals surface area contributed by atoms with E-state index in [0.717, 1.165) is 5.56 Å². The molecule has 0 saturated carbocycles. The van der Waals surface area contributed by atoms with E-state index in [1.54, 1.807) is 30.3 Å². The molecule has 0 spiro atoms. The van der Waals surface area contributed by atoms with Crippen molar-refractivity contribution in [1.29, 1.82) is 0 Å². The van der Waals surface area contributed by atoms with E-state index in [-0.39, 0.29) is 11.9 Å². The average molecular weight is 220 g/mol. The maximum absolute atomic E-state index is 11.2. The van der Waals surface area contributed by atoms with E-state index >= 15 is 0 Å². The van der Waals surface area contributed by atoms with E-state index in [1.807, 2.05) is 6.92 Å². The van der Waals surface area contributed by atoms with Crippen LogP contribution >= 0.6 is 0 Å². The standard InChI is InChI=1S/C13H16O3/c1-4-9(2)12(14)10-5-7-11(8-6-10)13(15)16-3/h4-9,12,14H,1H2,2-3H3/t9-,12+/m1/s1. The number of rotatable bonds is 4. The van der Waals surface area contributed by atoms with Gasteiger partial charge in [-0.3, -0.25) is 0 Å². The van der Waals surface area contributed by atoms with Crippen LogP contribution in [0.1, 0.15) is 28.9 Å². The number of aliphatic hydroxyl groups excluding tert-OH is 1. The predicted octanol–water partition coefficient (Wildman–Crippen LogP) is 2.33. The first kappa shape index (κ1) is 12.5. The maximum Gasteiger partial charge on any atom is 0.337 e. The third kappa shape index (κ3) is 2.70. The van der Waals surface area contributed by atoms with Gasteiger partial charge in [-0.15, -0.1) is 6.58 Å². The molecule has 0 heterocycles. The summed E-state index contributed by atoms with van der Waals surface area (Å²) in [4.78, 5) is 11.2. The summed E-state index contributed by atoms with van der Waals surface area (Å²) >= 11 is 0. The van der Waals surface area contributed by atoms with Crippen molar-refractivity contribution in [2.24, 2.45) is 5.92 Å². The number of methoxy groups -OCH3 is 1. The number of carbonyl (C=O) groups excluding carboxylic acids is 1. The molecule has 0 aliphatic heterocycles. The molecule has 0 aromatic heterocycles. The number of hydrogen-bond acceptors (Lipinski definition) is 3. The van der Waals surface area contributed by atoms with E-state index in [9.17, 15) is 9.90 Å². The molecule has 0 amide bonds. The summed E-state index contributed by atoms with van der Waals surface area (Å²) in [7, 11) is 1.34. The average Bonchev–Trinajstić information content (AvgIpc) is 2.36. The number of esters is 1. The fraction of sp³-hybridized carbons (Fsp3) is 0.308. The van der Waals surface area contributed by atoms with Crippen LogP contribution in [0.5, 0.6) is 0 Å². The predicted molar refractivity (Wildman–Crippen MR) is 62.1 cm³/mol. The zero-order valence-corrected chi connectivity index (χ0v) is 9.51. The topological polar surface area (TPSA) is 46.5 Å². The summed E-state index contributed by atoms with van der Waals surface area (Å²) in [5, 5.41) is 9.89. The number of carbonyl (C=O) groups is 1. The largest absolute Gasteiger partial charge is 0.465 e. The van der Waals surface area contributed by atoms with Gasteiger partial charge in [0.05, 0.1) is 18.8 Å². The van der Waals surface area contributed by atoms with E-state index in [2.05, 4.69) is 11.3 Å². The van der Waals surface area contributed by atoms with Crippen LogP contribution < -0.4 is 0 Å². The van der Waals surface area contributed by atoms with Crippen LogP contribution in [0.2, 0.25) is 0 Å². The normalized spacial score (nSPS) is 13.9. The highest BCUT2D eigenvalue weighted by atomic mass is 16.5. The molecule has 0 fully saturated rings. The second-order valence-corrected chi connectivity index (χ2v) is 3.65. The molecule has 1 rings (SSSR count). The second kappa shape index (κ2) is 5.47. The van der Waals surface area contributed by atoms with Gasteiger partial charge in [0.1, 0.15) is 0 Å². The number of aliphatic hydroxyl groups is 1. The van der Waals surface area contributed by atoms with Gasteiger partial charge in [0.2, 0.25) is 0 Å². The Morgan fingerprint density at radius 1 is 1.44 bits per heavy atom. The number of benzene rings is 1. The third-order valence-corrected chi connectivity index (χ3v) is 2.54. The van der Waals surface area contributed by atoms with Crippen molar-refractivity contribution in [1.82, 2.24) is 0 Å². The van der Waals surface area contributed by atoms with E-state index in [4.69, 9.17) is 0 Å². The Morgan fingerprint density at radius 3 is 2.44 bits per heavy atom. The summed E-state index contributed by atoms with van der Waals surface area (Å²) in [5.74, 6) is -0.401. The van der Waals surface area contributed by atoms with Crippen molar-refractivity contribution in [3.8, 4) is 0 Å². The highest BCUT2D eigenvalue weighted by Crippen LogP contribution is 2.22. The lowest BCUT2D eigenvalue weighted by Gasteiger charge is -2.15. The summed E-state index contributed by atoms with van der Waals surface area (Å²) in [6, 6.07) is 6.72. The zero-order chi connectivity index (χ0) is 12.1. The Hall–Kier alpha value is -1.61. The molecule has 2 atom stereocenters. The first-order chi connectivity index (χ1) is 7.60. The van der Waals surface area contributed by atoms with Gasteiger partial charge in [0.25, 0.3) is 0 Å². The van der Waals surface area contributed by atoms with Crippen molar-refractivity contribution in [2.75, 3.05) is 7.11 Å². The Labute approximate surface area is 95.4 Å². The van der Waals surface area contributed by atoms with Crippen LogP contribution in [0.15, 0.2) is 36.9 Å². The molecule has 1 N–H and O–H groups in total. The van der Waals surface area contributed by atoms with Gasteiger partial charge in [-0.1, -0.05) is 25.1 Å².